The van der Waals surface area contributed by atoms with Crippen LogP contribution in [0.1, 0.15) is 31.5 Å². The summed E-state index contributed by atoms with van der Waals surface area (Å²) in [4.78, 5) is 17.7. The number of piperidine rings is 1. The van der Waals surface area contributed by atoms with Crippen molar-refractivity contribution in [1.82, 2.24) is 15.0 Å². The predicted octanol–water partition coefficient (Wildman–Crippen LogP) is 0.974. The maximum atomic E-state index is 11.2. The molecule has 0 amide bonds. The van der Waals surface area contributed by atoms with Crippen molar-refractivity contribution in [3.63, 3.8) is 0 Å². The van der Waals surface area contributed by atoms with E-state index >= 15 is 0 Å². The van der Waals surface area contributed by atoms with Gasteiger partial charge >= 0.3 is 0 Å². The van der Waals surface area contributed by atoms with Crippen LogP contribution in [0.5, 0.6) is 0 Å². The third-order valence-electron chi connectivity index (χ3n) is 3.02. The maximum Gasteiger partial charge on any atom is 0.223 e. The van der Waals surface area contributed by atoms with Gasteiger partial charge in [-0.05, 0) is 6.92 Å². The minimum absolute atomic E-state index is 0.342. The Morgan fingerprint density at radius 2 is 2.38 bits per heavy atom. The zero-order valence-electron chi connectivity index (χ0n) is 9.77. The average molecular weight is 223 g/mol. The summed E-state index contributed by atoms with van der Waals surface area (Å²) in [6.07, 6.45) is 2.14. The summed E-state index contributed by atoms with van der Waals surface area (Å²) in [5, 5.41) is 3.86. The Kier molecular flexibility index (Phi) is 3.33. The van der Waals surface area contributed by atoms with Gasteiger partial charge in [-0.1, -0.05) is 5.16 Å². The highest BCUT2D eigenvalue weighted by Crippen LogP contribution is 2.13. The fraction of sp³-hybridized carbons (Fsp3) is 0.727. The molecule has 1 aliphatic heterocycles. The maximum absolute atomic E-state index is 11.2. The molecule has 0 aromatic carbocycles. The van der Waals surface area contributed by atoms with Crippen molar-refractivity contribution < 1.29 is 9.32 Å². The minimum atomic E-state index is 0.342. The molecule has 5 nitrogen and oxygen atoms in total. The fourth-order valence-electron chi connectivity index (χ4n) is 2.07. The molecule has 2 heterocycles. The van der Waals surface area contributed by atoms with Crippen LogP contribution in [0.4, 0.5) is 0 Å². The highest BCUT2D eigenvalue weighted by Gasteiger charge is 2.23. The van der Waals surface area contributed by atoms with Crippen LogP contribution in [-0.2, 0) is 11.2 Å². The molecule has 1 fully saturated rings. The molecule has 1 saturated heterocycles. The second-order valence-electron chi connectivity index (χ2n) is 4.36. The van der Waals surface area contributed by atoms with Crippen LogP contribution in [0.2, 0.25) is 0 Å². The summed E-state index contributed by atoms with van der Waals surface area (Å²) in [5.74, 6) is 1.73. The lowest BCUT2D eigenvalue weighted by atomic mass is 10.0. The summed E-state index contributed by atoms with van der Waals surface area (Å²) >= 11 is 0. The van der Waals surface area contributed by atoms with Crippen molar-refractivity contribution in [2.24, 2.45) is 0 Å². The van der Waals surface area contributed by atoms with E-state index in [1.54, 1.807) is 6.92 Å². The molecule has 0 radical (unpaired) electrons. The van der Waals surface area contributed by atoms with Gasteiger partial charge in [0.1, 0.15) is 5.78 Å². The van der Waals surface area contributed by atoms with Gasteiger partial charge in [-0.25, -0.2) is 0 Å². The highest BCUT2D eigenvalue weighted by atomic mass is 16.5. The predicted molar refractivity (Wildman–Crippen MR) is 58.0 cm³/mol. The average Bonchev–Trinajstić information content (AvgIpc) is 2.63. The number of hydrogen-bond donors (Lipinski definition) is 0. The topological polar surface area (TPSA) is 59.2 Å². The van der Waals surface area contributed by atoms with Crippen LogP contribution in [0.25, 0.3) is 0 Å². The van der Waals surface area contributed by atoms with Gasteiger partial charge in [0, 0.05) is 45.3 Å². The molecular weight excluding hydrogens is 206 g/mol. The highest BCUT2D eigenvalue weighted by molar-refractivity contribution is 5.79. The van der Waals surface area contributed by atoms with Gasteiger partial charge in [-0.2, -0.15) is 4.98 Å². The number of rotatable bonds is 3. The number of carbonyl (C=O) groups excluding carboxylic acids is 1. The zero-order valence-corrected chi connectivity index (χ0v) is 9.77. The smallest absolute Gasteiger partial charge is 0.223 e. The Morgan fingerprint density at radius 1 is 1.56 bits per heavy atom. The van der Waals surface area contributed by atoms with Crippen molar-refractivity contribution >= 4 is 5.78 Å². The zero-order chi connectivity index (χ0) is 11.5. The molecule has 5 heteroatoms. The molecule has 2 rings (SSSR count). The Labute approximate surface area is 94.8 Å². The lowest BCUT2D eigenvalue weighted by Crippen LogP contribution is -2.42. The van der Waals surface area contributed by atoms with Crippen LogP contribution in [0.15, 0.2) is 4.52 Å². The number of nitrogens with zero attached hydrogens (tertiary/aromatic N) is 3. The van der Waals surface area contributed by atoms with E-state index in [4.69, 9.17) is 4.52 Å². The van der Waals surface area contributed by atoms with Crippen LogP contribution in [0.3, 0.4) is 0 Å². The van der Waals surface area contributed by atoms with Gasteiger partial charge in [0.15, 0.2) is 5.82 Å². The lowest BCUT2D eigenvalue weighted by Gasteiger charge is -2.32. The monoisotopic (exact) mass is 223 g/mol. The first-order chi connectivity index (χ1) is 7.65. The molecule has 1 unspecified atom stereocenters. The third-order valence-corrected chi connectivity index (χ3v) is 3.02. The number of aryl methyl sites for hydroxylation is 1. The number of aromatic nitrogens is 2. The summed E-state index contributed by atoms with van der Waals surface area (Å²) in [5.41, 5.74) is 0. The van der Waals surface area contributed by atoms with Crippen LogP contribution in [-0.4, -0.2) is 40.0 Å². The molecule has 0 saturated carbocycles. The van der Waals surface area contributed by atoms with E-state index in [1.807, 2.05) is 0 Å². The van der Waals surface area contributed by atoms with Crippen molar-refractivity contribution in [3.8, 4) is 0 Å². The minimum Gasteiger partial charge on any atom is -0.340 e. The van der Waals surface area contributed by atoms with Crippen LogP contribution < -0.4 is 0 Å². The van der Waals surface area contributed by atoms with Gasteiger partial charge in [-0.15, -0.1) is 0 Å². The molecule has 0 aliphatic carbocycles. The van der Waals surface area contributed by atoms with Crippen molar-refractivity contribution in [2.45, 2.75) is 39.2 Å². The molecule has 1 aromatic rings. The second-order valence-corrected chi connectivity index (χ2v) is 4.36. The summed E-state index contributed by atoms with van der Waals surface area (Å²) in [7, 11) is 0. The van der Waals surface area contributed by atoms with E-state index in [1.165, 1.54) is 0 Å². The van der Waals surface area contributed by atoms with Gasteiger partial charge < -0.3 is 4.52 Å². The number of likely N-dealkylation sites (tertiary alicyclic amines) is 1. The molecule has 0 N–H and O–H groups in total. The van der Waals surface area contributed by atoms with E-state index in [2.05, 4.69) is 22.0 Å². The number of carbonyl (C=O) groups is 1. The van der Waals surface area contributed by atoms with Crippen molar-refractivity contribution in [1.29, 1.82) is 0 Å². The molecule has 0 spiro atoms. The SMILES string of the molecule is Cc1nc(CCN2CCC(=O)CC2C)no1. The van der Waals surface area contributed by atoms with E-state index < -0.39 is 0 Å². The number of hydrogen-bond acceptors (Lipinski definition) is 5. The fourth-order valence-corrected chi connectivity index (χ4v) is 2.07. The summed E-state index contributed by atoms with van der Waals surface area (Å²) in [6.45, 7) is 5.64. The molecule has 16 heavy (non-hydrogen) atoms. The Balaban J connectivity index is 1.83. The van der Waals surface area contributed by atoms with Crippen molar-refractivity contribution in [2.75, 3.05) is 13.1 Å². The number of ketones is 1. The summed E-state index contributed by atoms with van der Waals surface area (Å²) < 4.78 is 4.91. The van der Waals surface area contributed by atoms with E-state index in [0.717, 1.165) is 25.3 Å². The molecule has 1 atom stereocenters. The van der Waals surface area contributed by atoms with E-state index in [-0.39, 0.29) is 0 Å². The first kappa shape index (κ1) is 11.3. The molecular formula is C11H17N3O2. The molecule has 88 valence electrons. The normalized spacial score (nSPS) is 22.6. The Hall–Kier alpha value is -1.23. The first-order valence-corrected chi connectivity index (χ1v) is 5.70. The lowest BCUT2D eigenvalue weighted by molar-refractivity contribution is -0.122. The number of Topliss-reactive ketones (excluding diaryl/α,β-unsaturated/α-hetero) is 1. The molecule has 1 aliphatic rings. The Bertz CT molecular complexity index is 375. The second kappa shape index (κ2) is 4.74. The molecule has 0 bridgehead atoms. The molecule has 1 aromatic heterocycles. The quantitative estimate of drug-likeness (QED) is 0.764. The van der Waals surface area contributed by atoms with Crippen LogP contribution in [0, 0.1) is 6.92 Å². The summed E-state index contributed by atoms with van der Waals surface area (Å²) in [6, 6.07) is 0.342. The Morgan fingerprint density at radius 3 is 3.00 bits per heavy atom. The standard InChI is InChI=1S/C11H17N3O2/c1-8-7-10(15)3-5-14(8)6-4-11-12-9(2)16-13-11/h8H,3-7H2,1-2H3. The van der Waals surface area contributed by atoms with Gasteiger partial charge in [-0.3, -0.25) is 9.69 Å². The first-order valence-electron chi connectivity index (χ1n) is 5.70. The third kappa shape index (κ3) is 2.66. The van der Waals surface area contributed by atoms with Crippen molar-refractivity contribution in [3.05, 3.63) is 11.7 Å². The van der Waals surface area contributed by atoms with E-state index in [9.17, 15) is 4.79 Å². The van der Waals surface area contributed by atoms with E-state index in [0.29, 0.717) is 30.6 Å². The van der Waals surface area contributed by atoms with Gasteiger partial charge in [0.05, 0.1) is 0 Å². The largest absolute Gasteiger partial charge is 0.340 e. The van der Waals surface area contributed by atoms with Crippen LogP contribution >= 0.6 is 0 Å². The van der Waals surface area contributed by atoms with Gasteiger partial charge in [0.2, 0.25) is 5.89 Å². The van der Waals surface area contributed by atoms with Gasteiger partial charge in [0.25, 0.3) is 0 Å².